The third-order valence-electron chi connectivity index (χ3n) is 3.19. The van der Waals surface area contributed by atoms with Crippen molar-refractivity contribution >= 4 is 5.97 Å². The maximum atomic E-state index is 10.9. The maximum absolute atomic E-state index is 10.9. The number of ether oxygens (including phenoxy) is 2. The van der Waals surface area contributed by atoms with Gasteiger partial charge in [0, 0.05) is 19.1 Å². The average molecular weight is 229 g/mol. The molecule has 4 nitrogen and oxygen atoms in total. The van der Waals surface area contributed by atoms with E-state index in [1.807, 2.05) is 7.05 Å². The van der Waals surface area contributed by atoms with Crippen LogP contribution in [0.4, 0.5) is 0 Å². The second kappa shape index (κ2) is 7.63. The van der Waals surface area contributed by atoms with Crippen molar-refractivity contribution in [3.05, 3.63) is 0 Å². The van der Waals surface area contributed by atoms with Crippen LogP contribution >= 0.6 is 0 Å². The first-order chi connectivity index (χ1) is 7.76. The monoisotopic (exact) mass is 229 g/mol. The Morgan fingerprint density at radius 2 is 2.00 bits per heavy atom. The van der Waals surface area contributed by atoms with Gasteiger partial charge in [-0.1, -0.05) is 0 Å². The summed E-state index contributed by atoms with van der Waals surface area (Å²) in [5, 5.41) is 3.30. The molecule has 0 saturated heterocycles. The third-order valence-corrected chi connectivity index (χ3v) is 3.19. The molecule has 0 radical (unpaired) electrons. The number of nitrogens with one attached hydrogen (secondary N) is 1. The summed E-state index contributed by atoms with van der Waals surface area (Å²) in [6.07, 6.45) is 6.26. The Morgan fingerprint density at radius 3 is 2.56 bits per heavy atom. The minimum absolute atomic E-state index is 0.150. The van der Waals surface area contributed by atoms with E-state index in [2.05, 4.69) is 10.1 Å². The molecule has 1 fully saturated rings. The molecule has 0 unspecified atom stereocenters. The van der Waals surface area contributed by atoms with E-state index in [9.17, 15) is 4.79 Å². The van der Waals surface area contributed by atoms with Crippen molar-refractivity contribution in [1.82, 2.24) is 5.32 Å². The number of carbonyl (C=O) groups excluding carboxylic acids is 1. The molecule has 1 aliphatic carbocycles. The fourth-order valence-electron chi connectivity index (χ4n) is 2.09. The van der Waals surface area contributed by atoms with Crippen molar-refractivity contribution < 1.29 is 14.3 Å². The molecule has 0 spiro atoms. The largest absolute Gasteiger partial charge is 0.469 e. The van der Waals surface area contributed by atoms with Gasteiger partial charge in [0.2, 0.25) is 0 Å². The van der Waals surface area contributed by atoms with Crippen LogP contribution < -0.4 is 5.32 Å². The summed E-state index contributed by atoms with van der Waals surface area (Å²) in [7, 11) is 3.43. The van der Waals surface area contributed by atoms with Crippen molar-refractivity contribution in [1.29, 1.82) is 0 Å². The molecule has 0 amide bonds. The normalized spacial score (nSPS) is 25.4. The molecule has 0 atom stereocenters. The Balaban J connectivity index is 2.00. The SMILES string of the molecule is CNC1CCC(OCCCC(=O)OC)CC1. The minimum Gasteiger partial charge on any atom is -0.469 e. The lowest BCUT2D eigenvalue weighted by Crippen LogP contribution is -2.33. The second-order valence-electron chi connectivity index (χ2n) is 4.31. The quantitative estimate of drug-likeness (QED) is 0.553. The summed E-state index contributed by atoms with van der Waals surface area (Å²) < 4.78 is 10.3. The average Bonchev–Trinajstić information content (AvgIpc) is 2.35. The Labute approximate surface area is 97.7 Å². The fourth-order valence-corrected chi connectivity index (χ4v) is 2.09. The first-order valence-electron chi connectivity index (χ1n) is 6.12. The lowest BCUT2D eigenvalue weighted by atomic mass is 9.93. The van der Waals surface area contributed by atoms with Crippen LogP contribution in [0.5, 0.6) is 0 Å². The van der Waals surface area contributed by atoms with Gasteiger partial charge in [0.1, 0.15) is 0 Å². The predicted molar refractivity (Wildman–Crippen MR) is 62.3 cm³/mol. The van der Waals surface area contributed by atoms with Crippen molar-refractivity contribution in [3.8, 4) is 0 Å². The standard InChI is InChI=1S/C12H23NO3/c1-13-10-5-7-11(8-6-10)16-9-3-4-12(14)15-2/h10-11,13H,3-9H2,1-2H3. The molecule has 1 aliphatic rings. The van der Waals surface area contributed by atoms with Gasteiger partial charge in [-0.2, -0.15) is 0 Å². The zero-order valence-corrected chi connectivity index (χ0v) is 10.3. The molecule has 0 aromatic rings. The van der Waals surface area contributed by atoms with E-state index in [1.54, 1.807) is 0 Å². The minimum atomic E-state index is -0.150. The van der Waals surface area contributed by atoms with E-state index in [4.69, 9.17) is 4.74 Å². The molecule has 94 valence electrons. The Hall–Kier alpha value is -0.610. The van der Waals surface area contributed by atoms with Gasteiger partial charge < -0.3 is 14.8 Å². The highest BCUT2D eigenvalue weighted by Crippen LogP contribution is 2.21. The summed E-state index contributed by atoms with van der Waals surface area (Å²) in [6.45, 7) is 0.671. The molecule has 0 aromatic carbocycles. The molecule has 0 heterocycles. The molecule has 0 aromatic heterocycles. The molecular formula is C12H23NO3. The lowest BCUT2D eigenvalue weighted by Gasteiger charge is -2.28. The smallest absolute Gasteiger partial charge is 0.305 e. The highest BCUT2D eigenvalue weighted by Gasteiger charge is 2.19. The van der Waals surface area contributed by atoms with E-state index >= 15 is 0 Å². The van der Waals surface area contributed by atoms with Gasteiger partial charge in [-0.25, -0.2) is 0 Å². The number of rotatable bonds is 6. The van der Waals surface area contributed by atoms with Gasteiger partial charge in [0.25, 0.3) is 0 Å². The molecular weight excluding hydrogens is 206 g/mol. The van der Waals surface area contributed by atoms with Crippen LogP contribution in [0.15, 0.2) is 0 Å². The first kappa shape index (κ1) is 13.5. The van der Waals surface area contributed by atoms with Gasteiger partial charge >= 0.3 is 5.97 Å². The van der Waals surface area contributed by atoms with Crippen LogP contribution in [0.25, 0.3) is 0 Å². The number of esters is 1. The van der Waals surface area contributed by atoms with Crippen LogP contribution in [0, 0.1) is 0 Å². The van der Waals surface area contributed by atoms with Gasteiger partial charge in [0.05, 0.1) is 13.2 Å². The molecule has 0 bridgehead atoms. The lowest BCUT2D eigenvalue weighted by molar-refractivity contribution is -0.141. The molecule has 4 heteroatoms. The fraction of sp³-hybridized carbons (Fsp3) is 0.917. The van der Waals surface area contributed by atoms with E-state index in [0.29, 0.717) is 25.2 Å². The molecule has 1 rings (SSSR count). The van der Waals surface area contributed by atoms with Crippen LogP contribution in [-0.4, -0.2) is 38.9 Å². The van der Waals surface area contributed by atoms with Crippen molar-refractivity contribution in [2.75, 3.05) is 20.8 Å². The Morgan fingerprint density at radius 1 is 1.31 bits per heavy atom. The van der Waals surface area contributed by atoms with Gasteiger partial charge in [-0.05, 0) is 39.2 Å². The Bertz CT molecular complexity index is 200. The second-order valence-corrected chi connectivity index (χ2v) is 4.31. The summed E-state index contributed by atoms with van der Waals surface area (Å²) in [6, 6.07) is 0.662. The number of hydrogen-bond acceptors (Lipinski definition) is 4. The van der Waals surface area contributed by atoms with Gasteiger partial charge in [0.15, 0.2) is 0 Å². The number of carbonyl (C=O) groups is 1. The maximum Gasteiger partial charge on any atom is 0.305 e. The van der Waals surface area contributed by atoms with Crippen LogP contribution in [0.2, 0.25) is 0 Å². The zero-order chi connectivity index (χ0) is 11.8. The van der Waals surface area contributed by atoms with Crippen molar-refractivity contribution in [2.45, 2.75) is 50.7 Å². The molecule has 0 aliphatic heterocycles. The van der Waals surface area contributed by atoms with Crippen molar-refractivity contribution in [2.24, 2.45) is 0 Å². The van der Waals surface area contributed by atoms with Crippen LogP contribution in [-0.2, 0) is 14.3 Å². The predicted octanol–water partition coefficient (Wildman–Crippen LogP) is 1.49. The number of methoxy groups -OCH3 is 1. The van der Waals surface area contributed by atoms with E-state index in [-0.39, 0.29) is 5.97 Å². The van der Waals surface area contributed by atoms with Gasteiger partial charge in [-0.15, -0.1) is 0 Å². The summed E-state index contributed by atoms with van der Waals surface area (Å²) in [5.74, 6) is -0.150. The highest BCUT2D eigenvalue weighted by molar-refractivity contribution is 5.68. The first-order valence-corrected chi connectivity index (χ1v) is 6.12. The third kappa shape index (κ3) is 4.94. The highest BCUT2D eigenvalue weighted by atomic mass is 16.5. The topological polar surface area (TPSA) is 47.6 Å². The van der Waals surface area contributed by atoms with E-state index in [1.165, 1.54) is 20.0 Å². The molecule has 16 heavy (non-hydrogen) atoms. The summed E-state index contributed by atoms with van der Waals surface area (Å²) in [4.78, 5) is 10.9. The van der Waals surface area contributed by atoms with E-state index < -0.39 is 0 Å². The Kier molecular flexibility index (Phi) is 6.42. The van der Waals surface area contributed by atoms with Crippen molar-refractivity contribution in [3.63, 3.8) is 0 Å². The summed E-state index contributed by atoms with van der Waals surface area (Å²) >= 11 is 0. The molecule has 1 saturated carbocycles. The van der Waals surface area contributed by atoms with E-state index in [0.717, 1.165) is 19.3 Å². The molecule has 1 N–H and O–H groups in total. The van der Waals surface area contributed by atoms with Crippen LogP contribution in [0.3, 0.4) is 0 Å². The van der Waals surface area contributed by atoms with Crippen LogP contribution in [0.1, 0.15) is 38.5 Å². The number of hydrogen-bond donors (Lipinski definition) is 1. The van der Waals surface area contributed by atoms with Gasteiger partial charge in [-0.3, -0.25) is 4.79 Å². The zero-order valence-electron chi connectivity index (χ0n) is 10.3. The summed E-state index contributed by atoms with van der Waals surface area (Å²) in [5.41, 5.74) is 0.